The molecule has 0 spiro atoms. The number of ether oxygens (including phenoxy) is 1. The standard InChI is InChI=1S/C16H24Cl2N2O3S/c1-15(2)8-10(9-16(3,4)20-15)19-24(21,22)11-6-12(17)14(23-5)13(18)7-11/h6-7,10,19-20H,8-9H2,1-5H3. The molecule has 1 aromatic carbocycles. The maximum atomic E-state index is 12.7. The molecule has 1 fully saturated rings. The van der Waals surface area contributed by atoms with Crippen LogP contribution in [0.3, 0.4) is 0 Å². The van der Waals surface area contributed by atoms with Crippen molar-refractivity contribution in [2.45, 2.75) is 62.6 Å². The second-order valence-corrected chi connectivity index (χ2v) is 10.1. The molecule has 0 radical (unpaired) electrons. The SMILES string of the molecule is COc1c(Cl)cc(S(=O)(=O)NC2CC(C)(C)NC(C)(C)C2)cc1Cl. The summed E-state index contributed by atoms with van der Waals surface area (Å²) in [6.45, 7) is 8.26. The summed E-state index contributed by atoms with van der Waals surface area (Å²) in [4.78, 5) is 0.0347. The van der Waals surface area contributed by atoms with E-state index in [0.717, 1.165) is 0 Å². The third-order valence-corrected chi connectivity index (χ3v) is 6.06. The zero-order chi connectivity index (χ0) is 18.3. The van der Waals surface area contributed by atoms with Crippen LogP contribution in [0.1, 0.15) is 40.5 Å². The van der Waals surface area contributed by atoms with Gasteiger partial charge >= 0.3 is 0 Å². The van der Waals surface area contributed by atoms with Gasteiger partial charge in [-0.1, -0.05) is 23.2 Å². The largest absolute Gasteiger partial charge is 0.494 e. The molecule has 0 aliphatic carbocycles. The molecule has 0 atom stereocenters. The second kappa shape index (κ2) is 6.65. The first kappa shape index (κ1) is 19.8. The monoisotopic (exact) mass is 394 g/mol. The Morgan fingerprint density at radius 1 is 1.12 bits per heavy atom. The summed E-state index contributed by atoms with van der Waals surface area (Å²) in [5.74, 6) is 0.265. The molecular weight excluding hydrogens is 371 g/mol. The molecule has 1 saturated heterocycles. The molecule has 0 bridgehead atoms. The van der Waals surface area contributed by atoms with Gasteiger partial charge in [-0.3, -0.25) is 0 Å². The van der Waals surface area contributed by atoms with E-state index in [9.17, 15) is 8.42 Å². The molecule has 24 heavy (non-hydrogen) atoms. The Bertz CT molecular complexity index is 694. The summed E-state index contributed by atoms with van der Waals surface area (Å²) in [6.07, 6.45) is 1.38. The van der Waals surface area contributed by atoms with Gasteiger partial charge in [0.15, 0.2) is 5.75 Å². The van der Waals surface area contributed by atoms with E-state index in [2.05, 4.69) is 37.7 Å². The fourth-order valence-corrected chi connectivity index (χ4v) is 5.64. The van der Waals surface area contributed by atoms with Gasteiger partial charge in [0.1, 0.15) is 0 Å². The van der Waals surface area contributed by atoms with E-state index in [1.165, 1.54) is 19.2 Å². The Labute approximate surface area is 154 Å². The van der Waals surface area contributed by atoms with Crippen molar-refractivity contribution in [2.24, 2.45) is 0 Å². The summed E-state index contributed by atoms with van der Waals surface area (Å²) in [7, 11) is -2.30. The van der Waals surface area contributed by atoms with Gasteiger partial charge in [0, 0.05) is 17.1 Å². The first-order chi connectivity index (χ1) is 10.9. The Kier molecular flexibility index (Phi) is 5.48. The lowest BCUT2D eigenvalue weighted by atomic mass is 9.80. The van der Waals surface area contributed by atoms with Crippen LogP contribution in [0, 0.1) is 0 Å². The Morgan fingerprint density at radius 3 is 2.00 bits per heavy atom. The molecule has 5 nitrogen and oxygen atoms in total. The highest BCUT2D eigenvalue weighted by molar-refractivity contribution is 7.89. The van der Waals surface area contributed by atoms with Crippen LogP contribution >= 0.6 is 23.2 Å². The van der Waals surface area contributed by atoms with Gasteiger partial charge in [0.2, 0.25) is 10.0 Å². The van der Waals surface area contributed by atoms with Crippen LogP contribution in [0.25, 0.3) is 0 Å². The number of rotatable bonds is 4. The number of sulfonamides is 1. The Hall–Kier alpha value is -0.530. The van der Waals surface area contributed by atoms with Crippen LogP contribution in [0.4, 0.5) is 0 Å². The molecule has 0 saturated carbocycles. The van der Waals surface area contributed by atoms with Gasteiger partial charge in [0.25, 0.3) is 0 Å². The van der Waals surface area contributed by atoms with Crippen molar-refractivity contribution in [1.29, 1.82) is 0 Å². The maximum absolute atomic E-state index is 12.7. The molecule has 2 rings (SSSR count). The third-order valence-electron chi connectivity index (χ3n) is 4.00. The summed E-state index contributed by atoms with van der Waals surface area (Å²) in [5, 5.41) is 3.85. The minimum atomic E-state index is -3.73. The molecule has 1 aliphatic rings. The normalized spacial score (nSPS) is 20.8. The molecule has 1 heterocycles. The quantitative estimate of drug-likeness (QED) is 0.818. The Balaban J connectivity index is 2.29. The van der Waals surface area contributed by atoms with Gasteiger partial charge in [-0.05, 0) is 52.7 Å². The molecule has 0 aromatic heterocycles. The van der Waals surface area contributed by atoms with Crippen LogP contribution in [0.2, 0.25) is 10.0 Å². The number of hydrogen-bond donors (Lipinski definition) is 2. The van der Waals surface area contributed by atoms with Crippen molar-refractivity contribution in [2.75, 3.05) is 7.11 Å². The predicted octanol–water partition coefficient (Wildman–Crippen LogP) is 3.59. The summed E-state index contributed by atoms with van der Waals surface area (Å²) in [6, 6.07) is 2.53. The highest BCUT2D eigenvalue weighted by Gasteiger charge is 2.39. The van der Waals surface area contributed by atoms with E-state index in [1.54, 1.807) is 0 Å². The van der Waals surface area contributed by atoms with E-state index in [1.807, 2.05) is 0 Å². The molecule has 2 N–H and O–H groups in total. The Morgan fingerprint density at radius 2 is 1.58 bits per heavy atom. The molecule has 1 aromatic rings. The smallest absolute Gasteiger partial charge is 0.240 e. The average molecular weight is 395 g/mol. The molecule has 0 unspecified atom stereocenters. The third kappa shape index (κ3) is 4.55. The lowest BCUT2D eigenvalue weighted by molar-refractivity contribution is 0.157. The van der Waals surface area contributed by atoms with Gasteiger partial charge in [-0.2, -0.15) is 0 Å². The molecule has 1 aliphatic heterocycles. The minimum Gasteiger partial charge on any atom is -0.494 e. The van der Waals surface area contributed by atoms with E-state index in [4.69, 9.17) is 27.9 Å². The minimum absolute atomic E-state index is 0.0347. The number of hydrogen-bond acceptors (Lipinski definition) is 4. The van der Waals surface area contributed by atoms with Gasteiger partial charge in [-0.25, -0.2) is 13.1 Å². The molecular formula is C16H24Cl2N2O3S. The topological polar surface area (TPSA) is 67.4 Å². The number of piperidine rings is 1. The lowest BCUT2D eigenvalue weighted by Crippen LogP contribution is -2.62. The van der Waals surface area contributed by atoms with Crippen molar-refractivity contribution in [3.05, 3.63) is 22.2 Å². The number of methoxy groups -OCH3 is 1. The summed E-state index contributed by atoms with van der Waals surface area (Å²) < 4.78 is 33.3. The van der Waals surface area contributed by atoms with Gasteiger partial charge in [0.05, 0.1) is 22.1 Å². The highest BCUT2D eigenvalue weighted by Crippen LogP contribution is 2.36. The van der Waals surface area contributed by atoms with Crippen LogP contribution < -0.4 is 14.8 Å². The van der Waals surface area contributed by atoms with Gasteiger partial charge in [-0.15, -0.1) is 0 Å². The van der Waals surface area contributed by atoms with Crippen molar-refractivity contribution in [3.63, 3.8) is 0 Å². The summed E-state index contributed by atoms with van der Waals surface area (Å²) >= 11 is 12.1. The highest BCUT2D eigenvalue weighted by atomic mass is 35.5. The van der Waals surface area contributed by atoms with Crippen molar-refractivity contribution in [1.82, 2.24) is 10.0 Å². The second-order valence-electron chi connectivity index (χ2n) is 7.54. The molecule has 136 valence electrons. The summed E-state index contributed by atoms with van der Waals surface area (Å²) in [5.41, 5.74) is -0.325. The fourth-order valence-electron chi connectivity index (χ4n) is 3.58. The zero-order valence-corrected chi connectivity index (χ0v) is 16.9. The predicted molar refractivity (Wildman–Crippen MR) is 97.7 cm³/mol. The maximum Gasteiger partial charge on any atom is 0.240 e. The molecule has 0 amide bonds. The fraction of sp³-hybridized carbons (Fsp3) is 0.625. The van der Waals surface area contributed by atoms with Crippen LogP contribution in [0.5, 0.6) is 5.75 Å². The van der Waals surface area contributed by atoms with Crippen LogP contribution in [-0.2, 0) is 10.0 Å². The zero-order valence-electron chi connectivity index (χ0n) is 14.5. The van der Waals surface area contributed by atoms with E-state index < -0.39 is 10.0 Å². The van der Waals surface area contributed by atoms with Crippen molar-refractivity contribution in [3.8, 4) is 5.75 Å². The molecule has 8 heteroatoms. The van der Waals surface area contributed by atoms with Crippen molar-refractivity contribution < 1.29 is 13.2 Å². The number of benzene rings is 1. The average Bonchev–Trinajstić information content (AvgIpc) is 2.33. The first-order valence-corrected chi connectivity index (χ1v) is 9.94. The van der Waals surface area contributed by atoms with E-state index >= 15 is 0 Å². The lowest BCUT2D eigenvalue weighted by Gasteiger charge is -2.46. The van der Waals surface area contributed by atoms with E-state index in [-0.39, 0.29) is 37.8 Å². The van der Waals surface area contributed by atoms with Crippen LogP contribution in [0.15, 0.2) is 17.0 Å². The first-order valence-electron chi connectivity index (χ1n) is 7.70. The van der Waals surface area contributed by atoms with Crippen LogP contribution in [-0.4, -0.2) is 32.6 Å². The van der Waals surface area contributed by atoms with Gasteiger partial charge < -0.3 is 10.1 Å². The van der Waals surface area contributed by atoms with E-state index in [0.29, 0.717) is 12.8 Å². The number of halogens is 2. The van der Waals surface area contributed by atoms with Crippen molar-refractivity contribution >= 4 is 33.2 Å². The number of nitrogens with one attached hydrogen (secondary N) is 2.